The first kappa shape index (κ1) is 15.6. The molecule has 0 N–H and O–H groups in total. The molecule has 48 valence electrons. The molecule has 0 unspecified atom stereocenters. The summed E-state index contributed by atoms with van der Waals surface area (Å²) in [6, 6.07) is 0. The zero-order valence-corrected chi connectivity index (χ0v) is 5.04. The van der Waals surface area contributed by atoms with E-state index in [1.165, 1.54) is 13.8 Å². The number of hydrogen-bond donors (Lipinski definition) is 0. The molecule has 0 radical (unpaired) electrons. The average molecular weight is 136 g/mol. The third-order valence-corrected chi connectivity index (χ3v) is 0.496. The summed E-state index contributed by atoms with van der Waals surface area (Å²) < 4.78 is 0. The fraction of sp³-hybridized carbons (Fsp3) is 0.500. The third-order valence-electron chi connectivity index (χ3n) is 0.496. The molecule has 0 heterocycles. The highest BCUT2D eigenvalue weighted by Gasteiger charge is 1.94. The number of carbonyl (C=O) groups is 2. The molecule has 0 spiro atoms. The Kier molecular flexibility index (Phi) is 13.1. The van der Waals surface area contributed by atoms with Gasteiger partial charge in [0.05, 0.1) is 8.41 Å². The van der Waals surface area contributed by atoms with Crippen LogP contribution in [-0.2, 0) is 9.59 Å². The van der Waals surface area contributed by atoms with Crippen LogP contribution in [0, 0.1) is 0 Å². The van der Waals surface area contributed by atoms with Crippen LogP contribution in [0.1, 0.15) is 13.8 Å². The lowest BCUT2D eigenvalue weighted by Crippen LogP contribution is -2.01. The monoisotopic (exact) mass is 136 g/mol. The number of halogens is 1. The van der Waals surface area contributed by atoms with Gasteiger partial charge in [-0.15, -0.1) is 12.4 Å². The summed E-state index contributed by atoms with van der Waals surface area (Å²) in [4.78, 5) is 19.6. The van der Waals surface area contributed by atoms with E-state index in [2.05, 4.69) is 0 Å². The average Bonchev–Trinajstić information content (AvgIpc) is 1.36. The van der Waals surface area contributed by atoms with Crippen LogP contribution in [-0.4, -0.2) is 20.0 Å². The van der Waals surface area contributed by atoms with Gasteiger partial charge < -0.3 is 0 Å². The Labute approximate surface area is 56.6 Å². The number of ketones is 2. The molecule has 0 bridgehead atoms. The van der Waals surface area contributed by atoms with Gasteiger partial charge in [-0.05, 0) is 0 Å². The molecule has 0 atom stereocenters. The van der Waals surface area contributed by atoms with Crippen LogP contribution >= 0.6 is 12.4 Å². The van der Waals surface area contributed by atoms with Crippen LogP contribution in [0.3, 0.4) is 0 Å². The fourth-order valence-corrected chi connectivity index (χ4v) is 0. The van der Waals surface area contributed by atoms with Gasteiger partial charge in [-0.3, -0.25) is 9.59 Å². The van der Waals surface area contributed by atoms with E-state index in [4.69, 9.17) is 0 Å². The summed E-state index contributed by atoms with van der Waals surface area (Å²) in [5.74, 6) is -0.759. The fourth-order valence-electron chi connectivity index (χ4n) is 0. The predicted octanol–water partition coefficient (Wildman–Crippen LogP) is -0.598. The molecule has 0 aromatic carbocycles. The van der Waals surface area contributed by atoms with Crippen molar-refractivity contribution in [2.45, 2.75) is 13.8 Å². The van der Waals surface area contributed by atoms with E-state index < -0.39 is 0 Å². The quantitative estimate of drug-likeness (QED) is 0.356. The summed E-state index contributed by atoms with van der Waals surface area (Å²) >= 11 is 0. The van der Waals surface area contributed by atoms with Gasteiger partial charge in [0.1, 0.15) is 0 Å². The highest BCUT2D eigenvalue weighted by Crippen LogP contribution is 1.66. The summed E-state index contributed by atoms with van der Waals surface area (Å²) in [7, 11) is 0. The molecule has 2 nitrogen and oxygen atoms in total. The number of Topliss-reactive ketones (excluding diaryl/α,β-unsaturated/α-hetero) is 2. The van der Waals surface area contributed by atoms with E-state index in [1.807, 2.05) is 0 Å². The largest absolute Gasteiger partial charge is 0.291 e. The molecule has 0 saturated carbocycles. The molecular formula is C4H10BClO2. The molecule has 0 amide bonds. The number of carbonyl (C=O) groups excluding carboxylic acids is 2. The predicted molar refractivity (Wildman–Crippen MR) is 38.5 cm³/mol. The van der Waals surface area contributed by atoms with Crippen molar-refractivity contribution in [2.75, 3.05) is 0 Å². The SMILES string of the molecule is B.CC(=O)C(C)=O.Cl. The number of hydrogen-bond acceptors (Lipinski definition) is 2. The van der Waals surface area contributed by atoms with Crippen molar-refractivity contribution in [1.29, 1.82) is 0 Å². The van der Waals surface area contributed by atoms with E-state index >= 15 is 0 Å². The van der Waals surface area contributed by atoms with Crippen molar-refractivity contribution in [1.82, 2.24) is 0 Å². The second-order valence-corrected chi connectivity index (χ2v) is 1.11. The van der Waals surface area contributed by atoms with Crippen LogP contribution in [0.4, 0.5) is 0 Å². The molecule has 0 aliphatic heterocycles. The minimum Gasteiger partial charge on any atom is -0.291 e. The standard InChI is InChI=1S/C4H6O2.BH3.ClH/c1-3(5)4(2)6;;/h1-2H3;1H3;1H. The third kappa shape index (κ3) is 9.19. The van der Waals surface area contributed by atoms with Crippen molar-refractivity contribution in [3.05, 3.63) is 0 Å². The molecule has 0 saturated heterocycles. The molecule has 0 fully saturated rings. The first-order valence-corrected chi connectivity index (χ1v) is 1.66. The van der Waals surface area contributed by atoms with Gasteiger partial charge in [0.15, 0.2) is 11.6 Å². The normalized spacial score (nSPS) is 5.75. The lowest BCUT2D eigenvalue weighted by Gasteiger charge is -1.73. The lowest BCUT2D eigenvalue weighted by atomic mass is 10.3. The van der Waals surface area contributed by atoms with Crippen molar-refractivity contribution < 1.29 is 9.59 Å². The summed E-state index contributed by atoms with van der Waals surface area (Å²) in [5.41, 5.74) is 0. The zero-order valence-electron chi connectivity index (χ0n) is 4.22. The highest BCUT2D eigenvalue weighted by molar-refractivity contribution is 6.35. The molecular weight excluding hydrogens is 126 g/mol. The Morgan fingerprint density at radius 3 is 1.12 bits per heavy atom. The second kappa shape index (κ2) is 6.69. The molecule has 4 heteroatoms. The Balaban J connectivity index is -0.000000125. The Morgan fingerprint density at radius 2 is 1.12 bits per heavy atom. The minimum atomic E-state index is -0.380. The van der Waals surface area contributed by atoms with Crippen LogP contribution in [0.5, 0.6) is 0 Å². The number of rotatable bonds is 1. The van der Waals surface area contributed by atoms with E-state index in [0.29, 0.717) is 0 Å². The van der Waals surface area contributed by atoms with Crippen molar-refractivity contribution in [3.8, 4) is 0 Å². The Morgan fingerprint density at radius 1 is 1.00 bits per heavy atom. The van der Waals surface area contributed by atoms with E-state index in [9.17, 15) is 9.59 Å². The van der Waals surface area contributed by atoms with Crippen molar-refractivity contribution in [3.63, 3.8) is 0 Å². The molecule has 0 aliphatic carbocycles. The van der Waals surface area contributed by atoms with Crippen LogP contribution < -0.4 is 0 Å². The zero-order chi connectivity index (χ0) is 5.15. The summed E-state index contributed by atoms with van der Waals surface area (Å²) in [6.07, 6.45) is 0. The second-order valence-electron chi connectivity index (χ2n) is 1.11. The lowest BCUT2D eigenvalue weighted by molar-refractivity contribution is -0.134. The summed E-state index contributed by atoms with van der Waals surface area (Å²) in [6.45, 7) is 2.50. The van der Waals surface area contributed by atoms with Crippen LogP contribution in [0.2, 0.25) is 0 Å². The highest BCUT2D eigenvalue weighted by atomic mass is 35.5. The van der Waals surface area contributed by atoms with Gasteiger partial charge in [-0.2, -0.15) is 0 Å². The van der Waals surface area contributed by atoms with Gasteiger partial charge >= 0.3 is 0 Å². The van der Waals surface area contributed by atoms with Crippen molar-refractivity contribution >= 4 is 32.4 Å². The maximum Gasteiger partial charge on any atom is 0.195 e. The van der Waals surface area contributed by atoms with Gasteiger partial charge in [-0.25, -0.2) is 0 Å². The van der Waals surface area contributed by atoms with Gasteiger partial charge in [0.2, 0.25) is 0 Å². The minimum absolute atomic E-state index is 0. The maximum atomic E-state index is 9.79. The first-order chi connectivity index (χ1) is 2.64. The van der Waals surface area contributed by atoms with Crippen LogP contribution in [0.15, 0.2) is 0 Å². The van der Waals surface area contributed by atoms with E-state index in [0.717, 1.165) is 0 Å². The van der Waals surface area contributed by atoms with Crippen LogP contribution in [0.25, 0.3) is 0 Å². The molecule has 0 aliphatic rings. The summed E-state index contributed by atoms with van der Waals surface area (Å²) in [5, 5.41) is 0. The Hall–Kier alpha value is -0.305. The molecule has 0 rings (SSSR count). The van der Waals surface area contributed by atoms with Gasteiger partial charge in [0, 0.05) is 13.8 Å². The van der Waals surface area contributed by atoms with E-state index in [-0.39, 0.29) is 32.4 Å². The smallest absolute Gasteiger partial charge is 0.195 e. The maximum absolute atomic E-state index is 9.79. The molecule has 0 aromatic heterocycles. The topological polar surface area (TPSA) is 34.1 Å². The Bertz CT molecular complexity index is 80.0. The molecule has 8 heavy (non-hydrogen) atoms. The van der Waals surface area contributed by atoms with E-state index in [1.54, 1.807) is 0 Å². The van der Waals surface area contributed by atoms with Gasteiger partial charge in [-0.1, -0.05) is 0 Å². The van der Waals surface area contributed by atoms with Gasteiger partial charge in [0.25, 0.3) is 0 Å². The van der Waals surface area contributed by atoms with Crippen molar-refractivity contribution in [2.24, 2.45) is 0 Å². The molecule has 0 aromatic rings. The first-order valence-electron chi connectivity index (χ1n) is 1.66.